The van der Waals surface area contributed by atoms with Crippen LogP contribution in [-0.4, -0.2) is 60.0 Å². The molecule has 0 radical (unpaired) electrons. The van der Waals surface area contributed by atoms with Crippen LogP contribution in [0.2, 0.25) is 0 Å². The van der Waals surface area contributed by atoms with Crippen LogP contribution in [0.3, 0.4) is 0 Å². The molecule has 0 spiro atoms. The average molecular weight is 253 g/mol. The van der Waals surface area contributed by atoms with Crippen LogP contribution in [0.1, 0.15) is 40.0 Å². The molecule has 1 N–H and O–H groups in total. The summed E-state index contributed by atoms with van der Waals surface area (Å²) in [6, 6.07) is 0.617. The molecule has 2 rings (SSSR count). The third-order valence-electron chi connectivity index (χ3n) is 3.93. The summed E-state index contributed by atoms with van der Waals surface area (Å²) in [6.45, 7) is 11.0. The van der Waals surface area contributed by atoms with Crippen molar-refractivity contribution in [3.63, 3.8) is 0 Å². The van der Waals surface area contributed by atoms with Crippen molar-refractivity contribution in [1.82, 2.24) is 15.1 Å². The predicted octanol–water partition coefficient (Wildman–Crippen LogP) is 1.07. The van der Waals surface area contributed by atoms with Gasteiger partial charge in [0.1, 0.15) is 0 Å². The summed E-state index contributed by atoms with van der Waals surface area (Å²) >= 11 is 0. The third-order valence-corrected chi connectivity index (χ3v) is 3.93. The highest BCUT2D eigenvalue weighted by molar-refractivity contribution is 5.78. The van der Waals surface area contributed by atoms with Gasteiger partial charge in [-0.2, -0.15) is 0 Å². The van der Waals surface area contributed by atoms with Crippen LogP contribution in [0.25, 0.3) is 0 Å². The van der Waals surface area contributed by atoms with Crippen LogP contribution >= 0.6 is 0 Å². The Hall–Kier alpha value is -0.610. The lowest BCUT2D eigenvalue weighted by molar-refractivity contribution is -0.130. The molecule has 2 heterocycles. The molecule has 4 nitrogen and oxygen atoms in total. The maximum absolute atomic E-state index is 12.2. The highest BCUT2D eigenvalue weighted by atomic mass is 16.2. The van der Waals surface area contributed by atoms with Gasteiger partial charge < -0.3 is 10.2 Å². The predicted molar refractivity (Wildman–Crippen MR) is 73.5 cm³/mol. The summed E-state index contributed by atoms with van der Waals surface area (Å²) in [5.41, 5.74) is 0.0148. The van der Waals surface area contributed by atoms with Crippen LogP contribution in [0.4, 0.5) is 0 Å². The molecule has 0 aromatic carbocycles. The fraction of sp³-hybridized carbons (Fsp3) is 0.929. The molecular formula is C14H27N3O. The molecule has 2 aliphatic rings. The van der Waals surface area contributed by atoms with E-state index in [0.29, 0.717) is 12.6 Å². The monoisotopic (exact) mass is 253 g/mol. The Kier molecular flexibility index (Phi) is 4.28. The molecule has 104 valence electrons. The SMILES string of the molecule is CC(C)(C)NCC(=O)N1CCCN2CCCC2C1. The lowest BCUT2D eigenvalue weighted by Crippen LogP contribution is -2.47. The van der Waals surface area contributed by atoms with Gasteiger partial charge in [0.25, 0.3) is 0 Å². The number of rotatable bonds is 2. The maximum Gasteiger partial charge on any atom is 0.236 e. The summed E-state index contributed by atoms with van der Waals surface area (Å²) < 4.78 is 0. The molecule has 2 aliphatic heterocycles. The fourth-order valence-corrected chi connectivity index (χ4v) is 2.89. The van der Waals surface area contributed by atoms with E-state index in [0.717, 1.165) is 19.5 Å². The first-order chi connectivity index (χ1) is 8.46. The minimum absolute atomic E-state index is 0.0148. The number of nitrogens with zero attached hydrogens (tertiary/aromatic N) is 2. The van der Waals surface area contributed by atoms with Gasteiger partial charge in [0.15, 0.2) is 0 Å². The van der Waals surface area contributed by atoms with Crippen molar-refractivity contribution < 1.29 is 4.79 Å². The molecule has 4 heteroatoms. The van der Waals surface area contributed by atoms with Crippen LogP contribution in [0, 0.1) is 0 Å². The first-order valence-corrected chi connectivity index (χ1v) is 7.22. The zero-order chi connectivity index (χ0) is 13.2. The lowest BCUT2D eigenvalue weighted by Gasteiger charge is -2.27. The molecule has 0 aromatic rings. The minimum atomic E-state index is 0.0148. The van der Waals surface area contributed by atoms with Crippen molar-refractivity contribution in [3.05, 3.63) is 0 Å². The zero-order valence-electron chi connectivity index (χ0n) is 12.0. The topological polar surface area (TPSA) is 35.6 Å². The molecule has 18 heavy (non-hydrogen) atoms. The molecule has 0 saturated carbocycles. The first kappa shape index (κ1) is 13.8. The maximum atomic E-state index is 12.2. The van der Waals surface area contributed by atoms with Gasteiger partial charge in [0.2, 0.25) is 5.91 Å². The largest absolute Gasteiger partial charge is 0.340 e. The van der Waals surface area contributed by atoms with Crippen molar-refractivity contribution in [2.75, 3.05) is 32.7 Å². The van der Waals surface area contributed by atoms with Gasteiger partial charge in [-0.25, -0.2) is 0 Å². The lowest BCUT2D eigenvalue weighted by atomic mass is 10.1. The van der Waals surface area contributed by atoms with E-state index in [1.165, 1.54) is 25.9 Å². The van der Waals surface area contributed by atoms with Crippen molar-refractivity contribution in [3.8, 4) is 0 Å². The molecule has 1 amide bonds. The second-order valence-corrected chi connectivity index (χ2v) is 6.63. The summed E-state index contributed by atoms with van der Waals surface area (Å²) in [7, 11) is 0. The van der Waals surface area contributed by atoms with Gasteiger partial charge in [-0.1, -0.05) is 0 Å². The summed E-state index contributed by atoms with van der Waals surface area (Å²) in [5, 5.41) is 3.29. The van der Waals surface area contributed by atoms with E-state index < -0.39 is 0 Å². The zero-order valence-corrected chi connectivity index (χ0v) is 12.0. The minimum Gasteiger partial charge on any atom is -0.340 e. The molecule has 2 saturated heterocycles. The smallest absolute Gasteiger partial charge is 0.236 e. The van der Waals surface area contributed by atoms with Crippen molar-refractivity contribution in [2.24, 2.45) is 0 Å². The molecule has 1 atom stereocenters. The molecule has 1 unspecified atom stereocenters. The Morgan fingerprint density at radius 3 is 2.67 bits per heavy atom. The summed E-state index contributed by atoms with van der Waals surface area (Å²) in [6.07, 6.45) is 3.68. The van der Waals surface area contributed by atoms with E-state index in [9.17, 15) is 4.79 Å². The van der Waals surface area contributed by atoms with Crippen LogP contribution in [0.5, 0.6) is 0 Å². The van der Waals surface area contributed by atoms with Gasteiger partial charge >= 0.3 is 0 Å². The molecular weight excluding hydrogens is 226 g/mol. The van der Waals surface area contributed by atoms with Crippen molar-refractivity contribution in [2.45, 2.75) is 51.6 Å². The number of carbonyl (C=O) groups excluding carboxylic acids is 1. The van der Waals surface area contributed by atoms with E-state index in [2.05, 4.69) is 35.9 Å². The fourth-order valence-electron chi connectivity index (χ4n) is 2.89. The van der Waals surface area contributed by atoms with Crippen LogP contribution in [0.15, 0.2) is 0 Å². The molecule has 2 fully saturated rings. The molecule has 0 bridgehead atoms. The van der Waals surface area contributed by atoms with E-state index in [4.69, 9.17) is 0 Å². The van der Waals surface area contributed by atoms with Gasteiger partial charge in [0, 0.05) is 31.2 Å². The van der Waals surface area contributed by atoms with E-state index in [-0.39, 0.29) is 11.4 Å². The second kappa shape index (κ2) is 5.57. The highest BCUT2D eigenvalue weighted by Gasteiger charge is 2.30. The Balaban J connectivity index is 1.86. The van der Waals surface area contributed by atoms with Crippen molar-refractivity contribution in [1.29, 1.82) is 0 Å². The van der Waals surface area contributed by atoms with Gasteiger partial charge in [-0.15, -0.1) is 0 Å². The highest BCUT2D eigenvalue weighted by Crippen LogP contribution is 2.21. The number of carbonyl (C=O) groups is 1. The number of fused-ring (bicyclic) bond motifs is 1. The normalized spacial score (nSPS) is 25.9. The standard InChI is InChI=1S/C14H27N3O/c1-14(2,3)15-10-13(18)17-9-5-8-16-7-4-6-12(16)11-17/h12,15H,4-11H2,1-3H3. The molecule has 0 aromatic heterocycles. The van der Waals surface area contributed by atoms with Crippen LogP contribution < -0.4 is 5.32 Å². The quantitative estimate of drug-likeness (QED) is 0.799. The Morgan fingerprint density at radius 2 is 1.94 bits per heavy atom. The second-order valence-electron chi connectivity index (χ2n) is 6.63. The summed E-state index contributed by atoms with van der Waals surface area (Å²) in [4.78, 5) is 16.9. The molecule has 0 aliphatic carbocycles. The Labute approximate surface area is 111 Å². The third kappa shape index (κ3) is 3.69. The van der Waals surface area contributed by atoms with Gasteiger partial charge in [-0.05, 0) is 46.6 Å². The van der Waals surface area contributed by atoms with Gasteiger partial charge in [0.05, 0.1) is 6.54 Å². The number of hydrogen-bond acceptors (Lipinski definition) is 3. The van der Waals surface area contributed by atoms with E-state index in [1.807, 2.05) is 0 Å². The Morgan fingerprint density at radius 1 is 1.22 bits per heavy atom. The van der Waals surface area contributed by atoms with E-state index in [1.54, 1.807) is 0 Å². The van der Waals surface area contributed by atoms with Crippen molar-refractivity contribution >= 4 is 5.91 Å². The van der Waals surface area contributed by atoms with Crippen LogP contribution in [-0.2, 0) is 4.79 Å². The number of nitrogens with one attached hydrogen (secondary N) is 1. The number of hydrogen-bond donors (Lipinski definition) is 1. The summed E-state index contributed by atoms with van der Waals surface area (Å²) in [5.74, 6) is 0.263. The van der Waals surface area contributed by atoms with Gasteiger partial charge in [-0.3, -0.25) is 9.69 Å². The number of amides is 1. The van der Waals surface area contributed by atoms with E-state index >= 15 is 0 Å². The Bertz CT molecular complexity index is 298. The first-order valence-electron chi connectivity index (χ1n) is 7.22. The average Bonchev–Trinajstić information content (AvgIpc) is 2.62.